The third kappa shape index (κ3) is 3.92. The van der Waals surface area contributed by atoms with Gasteiger partial charge in [-0.2, -0.15) is 5.26 Å². The van der Waals surface area contributed by atoms with Gasteiger partial charge in [0.2, 0.25) is 0 Å². The lowest BCUT2D eigenvalue weighted by Crippen LogP contribution is -2.05. The van der Waals surface area contributed by atoms with Crippen molar-refractivity contribution >= 4 is 5.69 Å². The average Bonchev–Trinajstić information content (AvgIpc) is 2.47. The minimum atomic E-state index is 0.501. The Morgan fingerprint density at radius 1 is 1.00 bits per heavy atom. The number of hydrogen-bond acceptors (Lipinski definition) is 4. The average molecular weight is 268 g/mol. The van der Waals surface area contributed by atoms with Gasteiger partial charge < -0.3 is 15.2 Å². The lowest BCUT2D eigenvalue weighted by atomic mass is 10.2. The van der Waals surface area contributed by atoms with Gasteiger partial charge in [-0.15, -0.1) is 0 Å². The molecule has 0 unspecified atom stereocenters. The van der Waals surface area contributed by atoms with Gasteiger partial charge in [-0.05, 0) is 24.3 Å². The number of ether oxygens (including phenoxy) is 2. The smallest absolute Gasteiger partial charge is 0.137 e. The summed E-state index contributed by atoms with van der Waals surface area (Å²) in [5, 5.41) is 8.93. The SMILES string of the molecule is N#Cc1ccccc1OCCCOc1cccc(N)c1. The van der Waals surface area contributed by atoms with Crippen LogP contribution in [0, 0.1) is 11.3 Å². The molecule has 4 heteroatoms. The highest BCUT2D eigenvalue weighted by Gasteiger charge is 2.01. The second-order valence-electron chi connectivity index (χ2n) is 4.23. The molecule has 0 heterocycles. The molecular weight excluding hydrogens is 252 g/mol. The number of nitrogens with two attached hydrogens (primary N) is 1. The van der Waals surface area contributed by atoms with Crippen LogP contribution in [0.25, 0.3) is 0 Å². The van der Waals surface area contributed by atoms with E-state index >= 15 is 0 Å². The summed E-state index contributed by atoms with van der Waals surface area (Å²) < 4.78 is 11.1. The third-order valence-electron chi connectivity index (χ3n) is 2.68. The summed E-state index contributed by atoms with van der Waals surface area (Å²) in [6, 6.07) is 16.6. The molecule has 0 aliphatic carbocycles. The molecule has 0 saturated carbocycles. The highest BCUT2D eigenvalue weighted by atomic mass is 16.5. The summed E-state index contributed by atoms with van der Waals surface area (Å²) in [4.78, 5) is 0. The topological polar surface area (TPSA) is 68.3 Å². The van der Waals surface area contributed by atoms with Gasteiger partial charge in [0.05, 0.1) is 18.8 Å². The normalized spacial score (nSPS) is 9.75. The molecule has 0 spiro atoms. The summed E-state index contributed by atoms with van der Waals surface area (Å²) >= 11 is 0. The van der Waals surface area contributed by atoms with Crippen molar-refractivity contribution in [2.24, 2.45) is 0 Å². The number of nitrogens with zero attached hydrogens (tertiary/aromatic N) is 1. The Bertz CT molecular complexity index is 605. The van der Waals surface area contributed by atoms with Gasteiger partial charge in [0, 0.05) is 18.2 Å². The fourth-order valence-corrected chi connectivity index (χ4v) is 1.72. The summed E-state index contributed by atoms with van der Waals surface area (Å²) in [6.07, 6.45) is 0.731. The highest BCUT2D eigenvalue weighted by Crippen LogP contribution is 2.17. The Morgan fingerprint density at radius 3 is 2.60 bits per heavy atom. The second-order valence-corrected chi connectivity index (χ2v) is 4.23. The van der Waals surface area contributed by atoms with Crippen molar-refractivity contribution in [2.45, 2.75) is 6.42 Å². The third-order valence-corrected chi connectivity index (χ3v) is 2.68. The maximum absolute atomic E-state index is 8.93. The van der Waals surface area contributed by atoms with E-state index in [1.807, 2.05) is 30.3 Å². The Morgan fingerprint density at radius 2 is 1.80 bits per heavy atom. The van der Waals surface area contributed by atoms with Crippen LogP contribution in [0.1, 0.15) is 12.0 Å². The molecule has 0 aliphatic heterocycles. The number of anilines is 1. The van der Waals surface area contributed by atoms with Gasteiger partial charge in [0.25, 0.3) is 0 Å². The number of benzene rings is 2. The van der Waals surface area contributed by atoms with Crippen molar-refractivity contribution in [3.8, 4) is 17.6 Å². The zero-order valence-electron chi connectivity index (χ0n) is 11.1. The fraction of sp³-hybridized carbons (Fsp3) is 0.188. The molecule has 102 valence electrons. The molecule has 2 N–H and O–H groups in total. The maximum atomic E-state index is 8.93. The number of para-hydroxylation sites is 1. The molecule has 2 aromatic carbocycles. The van der Waals surface area contributed by atoms with Crippen LogP contribution in [0.15, 0.2) is 48.5 Å². The molecule has 2 aromatic rings. The zero-order valence-corrected chi connectivity index (χ0v) is 11.1. The van der Waals surface area contributed by atoms with Gasteiger partial charge in [0.15, 0.2) is 0 Å². The molecule has 0 saturated heterocycles. The van der Waals surface area contributed by atoms with Crippen molar-refractivity contribution in [3.63, 3.8) is 0 Å². The van der Waals surface area contributed by atoms with Crippen molar-refractivity contribution in [2.75, 3.05) is 18.9 Å². The van der Waals surface area contributed by atoms with E-state index in [2.05, 4.69) is 6.07 Å². The molecule has 0 bridgehead atoms. The Hall–Kier alpha value is -2.67. The van der Waals surface area contributed by atoms with Gasteiger partial charge in [-0.25, -0.2) is 0 Å². The molecular formula is C16H16N2O2. The maximum Gasteiger partial charge on any atom is 0.137 e. The van der Waals surface area contributed by atoms with E-state index in [1.54, 1.807) is 18.2 Å². The molecule has 0 atom stereocenters. The van der Waals surface area contributed by atoms with E-state index in [1.165, 1.54) is 0 Å². The summed E-state index contributed by atoms with van der Waals surface area (Å²) in [7, 11) is 0. The first-order valence-corrected chi connectivity index (χ1v) is 6.40. The van der Waals surface area contributed by atoms with Crippen LogP contribution in [-0.4, -0.2) is 13.2 Å². The number of rotatable bonds is 6. The monoisotopic (exact) mass is 268 g/mol. The van der Waals surface area contributed by atoms with Crippen molar-refractivity contribution < 1.29 is 9.47 Å². The van der Waals surface area contributed by atoms with Gasteiger partial charge >= 0.3 is 0 Å². The number of nitriles is 1. The predicted molar refractivity (Wildman–Crippen MR) is 77.6 cm³/mol. The minimum Gasteiger partial charge on any atom is -0.493 e. The molecule has 0 radical (unpaired) electrons. The van der Waals surface area contributed by atoms with Crippen molar-refractivity contribution in [1.29, 1.82) is 5.26 Å². The van der Waals surface area contributed by atoms with E-state index in [4.69, 9.17) is 20.5 Å². The first-order valence-electron chi connectivity index (χ1n) is 6.40. The summed E-state index contributed by atoms with van der Waals surface area (Å²) in [6.45, 7) is 1.04. The highest BCUT2D eigenvalue weighted by molar-refractivity contribution is 5.43. The van der Waals surface area contributed by atoms with E-state index in [9.17, 15) is 0 Å². The molecule has 20 heavy (non-hydrogen) atoms. The fourth-order valence-electron chi connectivity index (χ4n) is 1.72. The molecule has 0 aliphatic rings. The molecule has 0 fully saturated rings. The second kappa shape index (κ2) is 7.05. The van der Waals surface area contributed by atoms with Crippen LogP contribution in [0.4, 0.5) is 5.69 Å². The standard InChI is InChI=1S/C16H16N2O2/c17-12-13-5-1-2-8-16(13)20-10-4-9-19-15-7-3-6-14(18)11-15/h1-3,5-8,11H,4,9-10,18H2. The molecule has 2 rings (SSSR count). The number of nitrogen functional groups attached to an aromatic ring is 1. The van der Waals surface area contributed by atoms with Crippen molar-refractivity contribution in [1.82, 2.24) is 0 Å². The minimum absolute atomic E-state index is 0.501. The van der Waals surface area contributed by atoms with Crippen LogP contribution >= 0.6 is 0 Å². The largest absolute Gasteiger partial charge is 0.493 e. The van der Waals surface area contributed by atoms with Gasteiger partial charge in [-0.1, -0.05) is 18.2 Å². The Labute approximate surface area is 118 Å². The zero-order chi connectivity index (χ0) is 14.2. The van der Waals surface area contributed by atoms with Crippen LogP contribution in [0.2, 0.25) is 0 Å². The first-order chi connectivity index (χ1) is 9.79. The van der Waals surface area contributed by atoms with Gasteiger partial charge in [0.1, 0.15) is 17.6 Å². The van der Waals surface area contributed by atoms with Crippen molar-refractivity contribution in [3.05, 3.63) is 54.1 Å². The molecule has 0 aromatic heterocycles. The summed E-state index contributed by atoms with van der Waals surface area (Å²) in [5.41, 5.74) is 6.89. The van der Waals surface area contributed by atoms with E-state index in [-0.39, 0.29) is 0 Å². The number of hydrogen-bond donors (Lipinski definition) is 1. The van der Waals surface area contributed by atoms with Crippen LogP contribution in [0.5, 0.6) is 11.5 Å². The van der Waals surface area contributed by atoms with Gasteiger partial charge in [-0.3, -0.25) is 0 Å². The van der Waals surface area contributed by atoms with Crippen LogP contribution in [0.3, 0.4) is 0 Å². The van der Waals surface area contributed by atoms with Crippen LogP contribution < -0.4 is 15.2 Å². The Balaban J connectivity index is 1.73. The molecule has 4 nitrogen and oxygen atoms in total. The first kappa shape index (κ1) is 13.8. The van der Waals surface area contributed by atoms with E-state index < -0.39 is 0 Å². The quantitative estimate of drug-likeness (QED) is 0.646. The molecule has 0 amide bonds. The lowest BCUT2D eigenvalue weighted by Gasteiger charge is -2.09. The Kier molecular flexibility index (Phi) is 4.85. The lowest BCUT2D eigenvalue weighted by molar-refractivity contribution is 0.247. The van der Waals surface area contributed by atoms with Crippen LogP contribution in [-0.2, 0) is 0 Å². The summed E-state index contributed by atoms with van der Waals surface area (Å²) in [5.74, 6) is 1.36. The van der Waals surface area contributed by atoms with E-state index in [0.717, 1.165) is 12.2 Å². The van der Waals surface area contributed by atoms with E-state index in [0.29, 0.717) is 30.2 Å². The predicted octanol–water partition coefficient (Wildman–Crippen LogP) is 2.99.